The molecule has 0 radical (unpaired) electrons. The fourth-order valence-corrected chi connectivity index (χ4v) is 3.19. The normalized spacial score (nSPS) is 12.9. The lowest BCUT2D eigenvalue weighted by Crippen LogP contribution is -2.07. The first-order valence-corrected chi connectivity index (χ1v) is 7.94. The molecule has 0 unspecified atom stereocenters. The second kappa shape index (κ2) is 5.93. The van der Waals surface area contributed by atoms with E-state index in [1.807, 2.05) is 6.07 Å². The Bertz CT molecular complexity index is 968. The number of ether oxygens (including phenoxy) is 2. The van der Waals surface area contributed by atoms with Crippen molar-refractivity contribution in [2.24, 2.45) is 0 Å². The zero-order chi connectivity index (χ0) is 16.5. The summed E-state index contributed by atoms with van der Waals surface area (Å²) in [5.74, 6) is 0.597. The van der Waals surface area contributed by atoms with E-state index in [0.717, 1.165) is 5.56 Å². The molecule has 0 spiro atoms. The second-order valence-electron chi connectivity index (χ2n) is 5.04. The predicted octanol–water partition coefficient (Wildman–Crippen LogP) is 3.82. The Hall–Kier alpha value is -2.93. The summed E-state index contributed by atoms with van der Waals surface area (Å²) in [5, 5.41) is 3.00. The maximum absolute atomic E-state index is 13.6. The molecule has 7 heteroatoms. The van der Waals surface area contributed by atoms with Crippen LogP contribution in [0, 0.1) is 5.82 Å². The van der Waals surface area contributed by atoms with E-state index in [1.54, 1.807) is 30.3 Å². The van der Waals surface area contributed by atoms with Crippen LogP contribution in [0.4, 0.5) is 9.52 Å². The second-order valence-corrected chi connectivity index (χ2v) is 6.07. The first kappa shape index (κ1) is 14.6. The van der Waals surface area contributed by atoms with Gasteiger partial charge in [-0.1, -0.05) is 23.5 Å². The Morgan fingerprint density at radius 1 is 1.25 bits per heavy atom. The quantitative estimate of drug-likeness (QED) is 0.735. The number of nitrogens with zero attached hydrogens (tertiary/aromatic N) is 1. The molecule has 120 valence electrons. The molecule has 0 atom stereocenters. The summed E-state index contributed by atoms with van der Waals surface area (Å²) >= 11 is 1.22. The van der Waals surface area contributed by atoms with Crippen LogP contribution in [-0.4, -0.2) is 17.7 Å². The van der Waals surface area contributed by atoms with Crippen LogP contribution in [0.15, 0.2) is 42.5 Å². The third-order valence-corrected chi connectivity index (χ3v) is 4.36. The molecule has 0 bridgehead atoms. The average Bonchev–Trinajstić information content (AvgIpc) is 3.19. The van der Waals surface area contributed by atoms with Crippen molar-refractivity contribution < 1.29 is 18.7 Å². The lowest BCUT2D eigenvalue weighted by molar-refractivity contribution is -0.111. The fraction of sp³-hybridized carbons (Fsp3) is 0.0588. The molecule has 2 aromatic carbocycles. The van der Waals surface area contributed by atoms with E-state index in [2.05, 4.69) is 10.3 Å². The minimum absolute atomic E-state index is 0.206. The molecular weight excluding hydrogens is 331 g/mol. The Kier molecular flexibility index (Phi) is 3.62. The van der Waals surface area contributed by atoms with Gasteiger partial charge in [0, 0.05) is 6.08 Å². The number of hydrogen-bond donors (Lipinski definition) is 1. The summed E-state index contributed by atoms with van der Waals surface area (Å²) in [6, 6.07) is 10.1. The number of para-hydroxylation sites is 1. The predicted molar refractivity (Wildman–Crippen MR) is 89.8 cm³/mol. The van der Waals surface area contributed by atoms with E-state index in [9.17, 15) is 9.18 Å². The largest absolute Gasteiger partial charge is 0.454 e. The van der Waals surface area contributed by atoms with Gasteiger partial charge in [-0.3, -0.25) is 10.1 Å². The number of carbonyl (C=O) groups is 1. The number of carbonyl (C=O) groups excluding carboxylic acids is 1. The molecule has 0 fully saturated rings. The molecule has 1 aliphatic heterocycles. The number of rotatable bonds is 3. The zero-order valence-corrected chi connectivity index (χ0v) is 13.1. The molecule has 24 heavy (non-hydrogen) atoms. The standard InChI is InChI=1S/C17H11FN2O3S/c18-11-2-1-3-14-16(11)20-17(24-14)19-15(21)7-5-10-4-6-12-13(8-10)23-9-22-12/h1-8H,9H2,(H,19,20,21)/b7-5+. The van der Waals surface area contributed by atoms with Crippen molar-refractivity contribution in [3.05, 3.63) is 53.9 Å². The van der Waals surface area contributed by atoms with Crippen LogP contribution >= 0.6 is 11.3 Å². The van der Waals surface area contributed by atoms with Crippen molar-refractivity contribution >= 4 is 38.7 Å². The van der Waals surface area contributed by atoms with E-state index in [-0.39, 0.29) is 18.2 Å². The van der Waals surface area contributed by atoms with E-state index >= 15 is 0 Å². The molecule has 2 heterocycles. The maximum Gasteiger partial charge on any atom is 0.250 e. The molecule has 1 aromatic heterocycles. The number of aromatic nitrogens is 1. The molecular formula is C17H11FN2O3S. The van der Waals surface area contributed by atoms with Gasteiger partial charge in [0.25, 0.3) is 0 Å². The number of nitrogens with one attached hydrogen (secondary N) is 1. The summed E-state index contributed by atoms with van der Waals surface area (Å²) < 4.78 is 24.8. The van der Waals surface area contributed by atoms with E-state index in [0.29, 0.717) is 21.3 Å². The Balaban J connectivity index is 1.48. The van der Waals surface area contributed by atoms with E-state index in [1.165, 1.54) is 23.5 Å². The number of anilines is 1. The smallest absolute Gasteiger partial charge is 0.250 e. The lowest BCUT2D eigenvalue weighted by Gasteiger charge is -1.98. The maximum atomic E-state index is 13.6. The highest BCUT2D eigenvalue weighted by molar-refractivity contribution is 7.22. The average molecular weight is 342 g/mol. The SMILES string of the molecule is O=C(/C=C/c1ccc2c(c1)OCO2)Nc1nc2c(F)cccc2s1. The first-order valence-electron chi connectivity index (χ1n) is 7.13. The number of benzene rings is 2. The third kappa shape index (κ3) is 2.81. The van der Waals surface area contributed by atoms with Crippen LogP contribution in [0.5, 0.6) is 11.5 Å². The first-order chi connectivity index (χ1) is 11.7. The van der Waals surface area contributed by atoms with Crippen molar-refractivity contribution in [2.45, 2.75) is 0 Å². The molecule has 4 rings (SSSR count). The van der Waals surface area contributed by atoms with Crippen molar-refractivity contribution in [3.8, 4) is 11.5 Å². The van der Waals surface area contributed by atoms with Crippen LogP contribution in [0.3, 0.4) is 0 Å². The van der Waals surface area contributed by atoms with Gasteiger partial charge in [0.15, 0.2) is 16.6 Å². The van der Waals surface area contributed by atoms with Gasteiger partial charge < -0.3 is 9.47 Å². The van der Waals surface area contributed by atoms with Gasteiger partial charge in [-0.2, -0.15) is 0 Å². The summed E-state index contributed by atoms with van der Waals surface area (Å²) in [6.45, 7) is 0.206. The summed E-state index contributed by atoms with van der Waals surface area (Å²) in [4.78, 5) is 16.1. The van der Waals surface area contributed by atoms with E-state index < -0.39 is 5.82 Å². The van der Waals surface area contributed by atoms with E-state index in [4.69, 9.17) is 9.47 Å². The topological polar surface area (TPSA) is 60.5 Å². The highest BCUT2D eigenvalue weighted by atomic mass is 32.1. The Morgan fingerprint density at radius 3 is 3.00 bits per heavy atom. The van der Waals surface area contributed by atoms with Gasteiger partial charge in [-0.15, -0.1) is 0 Å². The summed E-state index contributed by atoms with van der Waals surface area (Å²) in [7, 11) is 0. The van der Waals surface area contributed by atoms with Gasteiger partial charge in [0.1, 0.15) is 11.3 Å². The molecule has 1 amide bonds. The highest BCUT2D eigenvalue weighted by Crippen LogP contribution is 2.33. The van der Waals surface area contributed by atoms with Gasteiger partial charge in [-0.05, 0) is 35.9 Å². The fourth-order valence-electron chi connectivity index (χ4n) is 2.30. The molecule has 0 saturated heterocycles. The summed E-state index contributed by atoms with van der Waals surface area (Å²) in [5.41, 5.74) is 1.07. The van der Waals surface area contributed by atoms with Gasteiger partial charge in [-0.25, -0.2) is 9.37 Å². The molecule has 1 aliphatic rings. The van der Waals surface area contributed by atoms with Gasteiger partial charge in [0.05, 0.1) is 4.70 Å². The number of thiazole rings is 1. The van der Waals surface area contributed by atoms with Crippen molar-refractivity contribution in [3.63, 3.8) is 0 Å². The van der Waals surface area contributed by atoms with Crippen molar-refractivity contribution in [1.29, 1.82) is 0 Å². The van der Waals surface area contributed by atoms with Gasteiger partial charge in [0.2, 0.25) is 12.7 Å². The van der Waals surface area contributed by atoms with Crippen LogP contribution < -0.4 is 14.8 Å². The Morgan fingerprint density at radius 2 is 2.12 bits per heavy atom. The van der Waals surface area contributed by atoms with Crippen LogP contribution in [0.1, 0.15) is 5.56 Å². The molecule has 1 N–H and O–H groups in total. The van der Waals surface area contributed by atoms with Gasteiger partial charge >= 0.3 is 0 Å². The number of fused-ring (bicyclic) bond motifs is 2. The monoisotopic (exact) mass is 342 g/mol. The summed E-state index contributed by atoms with van der Waals surface area (Å²) in [6.07, 6.45) is 3.05. The number of hydrogen-bond acceptors (Lipinski definition) is 5. The van der Waals surface area contributed by atoms with Crippen LogP contribution in [-0.2, 0) is 4.79 Å². The number of amides is 1. The number of halogens is 1. The minimum atomic E-state index is -0.403. The third-order valence-electron chi connectivity index (χ3n) is 3.42. The minimum Gasteiger partial charge on any atom is -0.454 e. The van der Waals surface area contributed by atoms with Crippen molar-refractivity contribution in [2.75, 3.05) is 12.1 Å². The van der Waals surface area contributed by atoms with Crippen LogP contribution in [0.25, 0.3) is 16.3 Å². The van der Waals surface area contributed by atoms with Crippen LogP contribution in [0.2, 0.25) is 0 Å². The molecule has 3 aromatic rings. The molecule has 5 nitrogen and oxygen atoms in total. The van der Waals surface area contributed by atoms with Crippen molar-refractivity contribution in [1.82, 2.24) is 4.98 Å². The zero-order valence-electron chi connectivity index (χ0n) is 12.3. The Labute approximate surface area is 140 Å². The molecule has 0 aliphatic carbocycles. The lowest BCUT2D eigenvalue weighted by atomic mass is 10.2. The highest BCUT2D eigenvalue weighted by Gasteiger charge is 2.12. The molecule has 0 saturated carbocycles.